The SMILES string of the molecule is CCn1nc(C(=O)N2CCN(c3ccccc3)CC2)c2c1CCN(C(=O)c1sc(C)nc1C)C2. The lowest BCUT2D eigenvalue weighted by Gasteiger charge is -2.36. The maximum atomic E-state index is 13.6. The zero-order valence-corrected chi connectivity index (χ0v) is 20.8. The topological polar surface area (TPSA) is 74.6 Å². The van der Waals surface area contributed by atoms with Crippen LogP contribution in [0.5, 0.6) is 0 Å². The summed E-state index contributed by atoms with van der Waals surface area (Å²) in [5, 5.41) is 5.61. The third kappa shape index (κ3) is 4.09. The van der Waals surface area contributed by atoms with E-state index in [-0.39, 0.29) is 11.8 Å². The van der Waals surface area contributed by atoms with Crippen LogP contribution in [-0.2, 0) is 19.5 Å². The molecular formula is C25H30N6O2S. The molecule has 2 aliphatic heterocycles. The Kier molecular flexibility index (Phi) is 6.12. The molecule has 3 aromatic rings. The Hall–Kier alpha value is -3.20. The number of fused-ring (bicyclic) bond motifs is 1. The fourth-order valence-electron chi connectivity index (χ4n) is 4.93. The van der Waals surface area contributed by atoms with E-state index in [1.54, 1.807) is 0 Å². The predicted molar refractivity (Wildman–Crippen MR) is 132 cm³/mol. The van der Waals surface area contributed by atoms with Crippen LogP contribution in [0.25, 0.3) is 0 Å². The molecule has 1 saturated heterocycles. The number of carbonyl (C=O) groups excluding carboxylic acids is 2. The minimum atomic E-state index is -0.0322. The molecule has 9 heteroatoms. The van der Waals surface area contributed by atoms with Gasteiger partial charge in [0.2, 0.25) is 0 Å². The lowest BCUT2D eigenvalue weighted by atomic mass is 10.0. The van der Waals surface area contributed by atoms with Crippen LogP contribution in [0.15, 0.2) is 30.3 Å². The van der Waals surface area contributed by atoms with Crippen molar-refractivity contribution in [1.82, 2.24) is 24.6 Å². The molecule has 1 fully saturated rings. The van der Waals surface area contributed by atoms with E-state index in [0.29, 0.717) is 49.7 Å². The van der Waals surface area contributed by atoms with Crippen LogP contribution in [0.4, 0.5) is 5.69 Å². The van der Waals surface area contributed by atoms with E-state index < -0.39 is 0 Å². The molecule has 178 valence electrons. The lowest BCUT2D eigenvalue weighted by Crippen LogP contribution is -2.49. The molecule has 2 amide bonds. The zero-order valence-electron chi connectivity index (χ0n) is 20.0. The maximum Gasteiger partial charge on any atom is 0.274 e. The molecule has 0 radical (unpaired) electrons. The Balaban J connectivity index is 1.35. The third-order valence-corrected chi connectivity index (χ3v) is 7.77. The van der Waals surface area contributed by atoms with Gasteiger partial charge in [0.15, 0.2) is 5.69 Å². The van der Waals surface area contributed by atoms with Crippen LogP contribution in [0.1, 0.15) is 49.0 Å². The molecule has 0 spiro atoms. The Labute approximate surface area is 203 Å². The van der Waals surface area contributed by atoms with Crippen molar-refractivity contribution < 1.29 is 9.59 Å². The van der Waals surface area contributed by atoms with Crippen LogP contribution in [0.2, 0.25) is 0 Å². The Bertz CT molecular complexity index is 1210. The van der Waals surface area contributed by atoms with Crippen LogP contribution in [-0.4, -0.2) is 69.1 Å². The van der Waals surface area contributed by atoms with Crippen molar-refractivity contribution in [3.8, 4) is 0 Å². The first-order chi connectivity index (χ1) is 16.5. The fraction of sp³-hybridized carbons (Fsp3) is 0.440. The molecule has 34 heavy (non-hydrogen) atoms. The quantitative estimate of drug-likeness (QED) is 0.576. The highest BCUT2D eigenvalue weighted by atomic mass is 32.1. The highest BCUT2D eigenvalue weighted by molar-refractivity contribution is 7.13. The molecule has 1 aromatic carbocycles. The van der Waals surface area contributed by atoms with Gasteiger partial charge in [0.1, 0.15) is 4.88 Å². The molecule has 0 aliphatic carbocycles. The van der Waals surface area contributed by atoms with Crippen LogP contribution in [0, 0.1) is 13.8 Å². The number of hydrogen-bond donors (Lipinski definition) is 0. The van der Waals surface area contributed by atoms with E-state index in [1.165, 1.54) is 17.0 Å². The first-order valence-electron chi connectivity index (χ1n) is 11.9. The molecule has 8 nitrogen and oxygen atoms in total. The van der Waals surface area contributed by atoms with Gasteiger partial charge in [-0.1, -0.05) is 18.2 Å². The van der Waals surface area contributed by atoms with Gasteiger partial charge in [-0.15, -0.1) is 11.3 Å². The van der Waals surface area contributed by atoms with Gasteiger partial charge in [0.05, 0.1) is 17.2 Å². The summed E-state index contributed by atoms with van der Waals surface area (Å²) in [6.45, 7) is 10.5. The fourth-order valence-corrected chi connectivity index (χ4v) is 5.81. The summed E-state index contributed by atoms with van der Waals surface area (Å²) in [5.74, 6) is -0.0388. The van der Waals surface area contributed by atoms with Crippen LogP contribution in [0.3, 0.4) is 0 Å². The highest BCUT2D eigenvalue weighted by Crippen LogP contribution is 2.28. The number of amides is 2. The largest absolute Gasteiger partial charge is 0.368 e. The van der Waals surface area contributed by atoms with Gasteiger partial charge in [-0.2, -0.15) is 5.10 Å². The molecule has 2 aliphatic rings. The summed E-state index contributed by atoms with van der Waals surface area (Å²) in [4.78, 5) is 38.0. The Morgan fingerprint density at radius 3 is 2.35 bits per heavy atom. The van der Waals surface area contributed by atoms with E-state index in [9.17, 15) is 9.59 Å². The van der Waals surface area contributed by atoms with Crippen molar-refractivity contribution >= 4 is 28.8 Å². The van der Waals surface area contributed by atoms with Crippen molar-refractivity contribution in [2.75, 3.05) is 37.6 Å². The summed E-state index contributed by atoms with van der Waals surface area (Å²) in [6.07, 6.45) is 0.702. The average molecular weight is 479 g/mol. The number of hydrogen-bond acceptors (Lipinski definition) is 6. The molecule has 0 N–H and O–H groups in total. The maximum absolute atomic E-state index is 13.6. The lowest BCUT2D eigenvalue weighted by molar-refractivity contribution is 0.0711. The number of aromatic nitrogens is 3. The number of thiazole rings is 1. The predicted octanol–water partition coefficient (Wildman–Crippen LogP) is 3.14. The van der Waals surface area contributed by atoms with Gasteiger partial charge in [-0.3, -0.25) is 14.3 Å². The summed E-state index contributed by atoms with van der Waals surface area (Å²) in [5.41, 5.74) is 4.44. The van der Waals surface area contributed by atoms with Crippen molar-refractivity contribution in [1.29, 1.82) is 0 Å². The first-order valence-corrected chi connectivity index (χ1v) is 12.7. The van der Waals surface area contributed by atoms with E-state index in [4.69, 9.17) is 5.10 Å². The molecule has 0 bridgehead atoms. The van der Waals surface area contributed by atoms with Gasteiger partial charge in [-0.25, -0.2) is 4.98 Å². The van der Waals surface area contributed by atoms with Crippen molar-refractivity contribution in [3.63, 3.8) is 0 Å². The molecule has 2 aromatic heterocycles. The number of piperazine rings is 1. The number of carbonyl (C=O) groups is 2. The van der Waals surface area contributed by atoms with E-state index in [0.717, 1.165) is 35.0 Å². The molecule has 0 saturated carbocycles. The number of para-hydroxylation sites is 1. The molecule has 0 unspecified atom stereocenters. The van der Waals surface area contributed by atoms with Gasteiger partial charge >= 0.3 is 0 Å². The number of anilines is 1. The molecular weight excluding hydrogens is 448 g/mol. The highest BCUT2D eigenvalue weighted by Gasteiger charge is 2.33. The normalized spacial score (nSPS) is 16.0. The van der Waals surface area contributed by atoms with Crippen molar-refractivity contribution in [2.45, 2.75) is 40.3 Å². The summed E-state index contributed by atoms with van der Waals surface area (Å²) in [7, 11) is 0. The minimum Gasteiger partial charge on any atom is -0.368 e. The number of rotatable bonds is 4. The second kappa shape index (κ2) is 9.21. The monoisotopic (exact) mass is 478 g/mol. The second-order valence-corrected chi connectivity index (χ2v) is 10.0. The zero-order chi connectivity index (χ0) is 23.8. The van der Waals surface area contributed by atoms with E-state index >= 15 is 0 Å². The van der Waals surface area contributed by atoms with Gasteiger partial charge in [0.25, 0.3) is 11.8 Å². The Morgan fingerprint density at radius 1 is 0.971 bits per heavy atom. The molecule has 5 rings (SSSR count). The van der Waals surface area contributed by atoms with E-state index in [2.05, 4.69) is 22.0 Å². The summed E-state index contributed by atoms with van der Waals surface area (Å²) >= 11 is 1.44. The van der Waals surface area contributed by atoms with Crippen LogP contribution >= 0.6 is 11.3 Å². The van der Waals surface area contributed by atoms with Crippen LogP contribution < -0.4 is 4.90 Å². The van der Waals surface area contributed by atoms with Crippen molar-refractivity contribution in [2.24, 2.45) is 0 Å². The van der Waals surface area contributed by atoms with Gasteiger partial charge in [0, 0.05) is 62.6 Å². The third-order valence-electron chi connectivity index (χ3n) is 6.71. The second-order valence-electron chi connectivity index (χ2n) is 8.83. The minimum absolute atomic E-state index is 0.00660. The smallest absolute Gasteiger partial charge is 0.274 e. The molecule has 4 heterocycles. The summed E-state index contributed by atoms with van der Waals surface area (Å²) in [6, 6.07) is 10.3. The van der Waals surface area contributed by atoms with Crippen molar-refractivity contribution in [3.05, 3.63) is 62.9 Å². The standard InChI is InChI=1S/C25H30N6O2S/c1-4-31-21-10-11-30(25(33)23-17(2)26-18(3)34-23)16-20(21)22(27-31)24(32)29-14-12-28(13-15-29)19-8-6-5-7-9-19/h5-9H,4,10-16H2,1-3H3. The first kappa shape index (κ1) is 22.6. The van der Waals surface area contributed by atoms with Gasteiger partial charge < -0.3 is 14.7 Å². The van der Waals surface area contributed by atoms with Gasteiger partial charge in [-0.05, 0) is 32.9 Å². The summed E-state index contributed by atoms with van der Waals surface area (Å²) < 4.78 is 1.94. The number of nitrogens with zero attached hydrogens (tertiary/aromatic N) is 6. The average Bonchev–Trinajstić information content (AvgIpc) is 3.42. The molecule has 0 atom stereocenters. The Morgan fingerprint density at radius 2 is 1.71 bits per heavy atom. The number of benzene rings is 1. The van der Waals surface area contributed by atoms with E-state index in [1.807, 2.05) is 53.5 Å². The number of aryl methyl sites for hydroxylation is 3.